The SMILES string of the molecule is Cn1cc(CCNc2cccc(S(C)(=O)=O)c2N)cn1. The summed E-state index contributed by atoms with van der Waals surface area (Å²) < 4.78 is 24.9. The summed E-state index contributed by atoms with van der Waals surface area (Å²) in [6.07, 6.45) is 5.68. The number of nitrogens with zero attached hydrogens (tertiary/aromatic N) is 2. The second kappa shape index (κ2) is 5.54. The maximum atomic E-state index is 11.6. The first-order valence-electron chi connectivity index (χ1n) is 6.18. The molecular formula is C13H18N4O2S. The van der Waals surface area contributed by atoms with Crippen LogP contribution < -0.4 is 11.1 Å². The predicted octanol–water partition coefficient (Wildman–Crippen LogP) is 1.06. The molecule has 0 amide bonds. The summed E-state index contributed by atoms with van der Waals surface area (Å²) in [7, 11) is -1.44. The lowest BCUT2D eigenvalue weighted by molar-refractivity contribution is 0.602. The van der Waals surface area contributed by atoms with E-state index in [1.807, 2.05) is 13.2 Å². The van der Waals surface area contributed by atoms with E-state index >= 15 is 0 Å². The zero-order chi connectivity index (χ0) is 14.8. The van der Waals surface area contributed by atoms with Crippen molar-refractivity contribution in [3.8, 4) is 0 Å². The molecule has 0 aliphatic heterocycles. The molecule has 108 valence electrons. The minimum Gasteiger partial charge on any atom is -0.396 e. The third kappa shape index (κ3) is 3.30. The number of benzene rings is 1. The van der Waals surface area contributed by atoms with E-state index in [0.29, 0.717) is 12.2 Å². The number of nitrogens with two attached hydrogens (primary N) is 1. The van der Waals surface area contributed by atoms with Crippen LogP contribution in [-0.2, 0) is 23.3 Å². The predicted molar refractivity (Wildman–Crippen MR) is 79.4 cm³/mol. The summed E-state index contributed by atoms with van der Waals surface area (Å²) in [5.74, 6) is 0. The van der Waals surface area contributed by atoms with Gasteiger partial charge in [0.2, 0.25) is 0 Å². The minimum absolute atomic E-state index is 0.156. The number of aryl methyl sites for hydroxylation is 1. The van der Waals surface area contributed by atoms with Crippen LogP contribution in [0.15, 0.2) is 35.5 Å². The molecule has 0 bridgehead atoms. The largest absolute Gasteiger partial charge is 0.396 e. The molecular weight excluding hydrogens is 276 g/mol. The number of sulfone groups is 1. The van der Waals surface area contributed by atoms with Gasteiger partial charge >= 0.3 is 0 Å². The molecule has 0 radical (unpaired) electrons. The first-order valence-corrected chi connectivity index (χ1v) is 8.07. The molecule has 2 rings (SSSR count). The Bertz CT molecular complexity index is 707. The van der Waals surface area contributed by atoms with Gasteiger partial charge in [-0.05, 0) is 24.1 Å². The Labute approximate surface area is 118 Å². The number of aromatic nitrogens is 2. The lowest BCUT2D eigenvalue weighted by atomic mass is 10.2. The van der Waals surface area contributed by atoms with Gasteiger partial charge in [0.1, 0.15) is 0 Å². The van der Waals surface area contributed by atoms with Gasteiger partial charge in [-0.2, -0.15) is 5.10 Å². The quantitative estimate of drug-likeness (QED) is 0.805. The maximum Gasteiger partial charge on any atom is 0.177 e. The topological polar surface area (TPSA) is 90.0 Å². The Morgan fingerprint density at radius 3 is 2.75 bits per heavy atom. The number of nitrogens with one attached hydrogen (secondary N) is 1. The molecule has 2 aromatic rings. The van der Waals surface area contributed by atoms with Crippen LogP contribution in [0, 0.1) is 0 Å². The zero-order valence-corrected chi connectivity index (χ0v) is 12.3. The van der Waals surface area contributed by atoms with Crippen LogP contribution in [0.5, 0.6) is 0 Å². The third-order valence-electron chi connectivity index (χ3n) is 2.95. The minimum atomic E-state index is -3.31. The smallest absolute Gasteiger partial charge is 0.177 e. The van der Waals surface area contributed by atoms with Crippen molar-refractivity contribution in [1.29, 1.82) is 0 Å². The molecule has 7 heteroatoms. The third-order valence-corrected chi connectivity index (χ3v) is 4.11. The van der Waals surface area contributed by atoms with E-state index in [4.69, 9.17) is 5.73 Å². The Morgan fingerprint density at radius 2 is 2.15 bits per heavy atom. The molecule has 0 saturated heterocycles. The molecule has 20 heavy (non-hydrogen) atoms. The molecule has 0 saturated carbocycles. The molecule has 0 atom stereocenters. The summed E-state index contributed by atoms with van der Waals surface area (Å²) in [5.41, 5.74) is 7.90. The van der Waals surface area contributed by atoms with Gasteiger partial charge in [-0.3, -0.25) is 4.68 Å². The van der Waals surface area contributed by atoms with Gasteiger partial charge in [0.25, 0.3) is 0 Å². The van der Waals surface area contributed by atoms with Crippen molar-refractivity contribution in [3.05, 3.63) is 36.2 Å². The second-order valence-corrected chi connectivity index (χ2v) is 6.67. The molecule has 1 aromatic carbocycles. The normalized spacial score (nSPS) is 11.5. The van der Waals surface area contributed by atoms with Crippen molar-refractivity contribution in [2.24, 2.45) is 7.05 Å². The van der Waals surface area contributed by atoms with Crippen molar-refractivity contribution in [1.82, 2.24) is 9.78 Å². The molecule has 0 fully saturated rings. The second-order valence-electron chi connectivity index (χ2n) is 4.69. The average molecular weight is 294 g/mol. The van der Waals surface area contributed by atoms with Crippen molar-refractivity contribution in [2.45, 2.75) is 11.3 Å². The van der Waals surface area contributed by atoms with Gasteiger partial charge in [0, 0.05) is 26.0 Å². The van der Waals surface area contributed by atoms with Gasteiger partial charge in [0.05, 0.1) is 22.5 Å². The fourth-order valence-corrected chi connectivity index (χ4v) is 2.80. The summed E-state index contributed by atoms with van der Waals surface area (Å²) in [6, 6.07) is 4.96. The molecule has 1 heterocycles. The first-order chi connectivity index (χ1) is 9.38. The maximum absolute atomic E-state index is 11.6. The van der Waals surface area contributed by atoms with Crippen LogP contribution in [0.3, 0.4) is 0 Å². The van der Waals surface area contributed by atoms with Crippen molar-refractivity contribution >= 4 is 21.2 Å². The first kappa shape index (κ1) is 14.4. The molecule has 6 nitrogen and oxygen atoms in total. The summed E-state index contributed by atoms with van der Waals surface area (Å²) in [5, 5.41) is 7.25. The van der Waals surface area contributed by atoms with Crippen molar-refractivity contribution in [3.63, 3.8) is 0 Å². The molecule has 0 aliphatic carbocycles. The summed E-state index contributed by atoms with van der Waals surface area (Å²) in [4.78, 5) is 0.156. The van der Waals surface area contributed by atoms with E-state index < -0.39 is 9.84 Å². The van der Waals surface area contributed by atoms with Gasteiger partial charge in [-0.1, -0.05) is 6.07 Å². The van der Waals surface area contributed by atoms with Gasteiger partial charge in [0.15, 0.2) is 9.84 Å². The molecule has 0 unspecified atom stereocenters. The molecule has 3 N–H and O–H groups in total. The van der Waals surface area contributed by atoms with E-state index in [0.717, 1.165) is 18.2 Å². The van der Waals surface area contributed by atoms with Gasteiger partial charge < -0.3 is 11.1 Å². The summed E-state index contributed by atoms with van der Waals surface area (Å²) >= 11 is 0. The van der Waals surface area contributed by atoms with E-state index in [1.54, 1.807) is 23.0 Å². The van der Waals surface area contributed by atoms with Crippen LogP contribution in [0.4, 0.5) is 11.4 Å². The molecule has 0 aliphatic rings. The standard InChI is InChI=1S/C13H18N4O2S/c1-17-9-10(8-16-17)6-7-15-11-4-3-5-12(13(11)14)20(2,18)19/h3-5,8-9,15H,6-7,14H2,1-2H3. The Hall–Kier alpha value is -2.02. The van der Waals surface area contributed by atoms with Crippen molar-refractivity contribution in [2.75, 3.05) is 23.9 Å². The zero-order valence-electron chi connectivity index (χ0n) is 11.5. The van der Waals surface area contributed by atoms with Crippen LogP contribution in [0.2, 0.25) is 0 Å². The number of rotatable bonds is 5. The number of hydrogen-bond acceptors (Lipinski definition) is 5. The van der Waals surface area contributed by atoms with E-state index in [1.165, 1.54) is 6.07 Å². The van der Waals surface area contributed by atoms with E-state index in [9.17, 15) is 8.42 Å². The Balaban J connectivity index is 2.07. The highest BCUT2D eigenvalue weighted by Gasteiger charge is 2.13. The van der Waals surface area contributed by atoms with Gasteiger partial charge in [-0.25, -0.2) is 8.42 Å². The fourth-order valence-electron chi connectivity index (χ4n) is 1.96. The number of anilines is 2. The lowest BCUT2D eigenvalue weighted by Gasteiger charge is -2.11. The van der Waals surface area contributed by atoms with Crippen LogP contribution in [-0.4, -0.2) is 31.0 Å². The highest BCUT2D eigenvalue weighted by molar-refractivity contribution is 7.90. The van der Waals surface area contributed by atoms with Gasteiger partial charge in [-0.15, -0.1) is 0 Å². The lowest BCUT2D eigenvalue weighted by Crippen LogP contribution is -2.09. The molecule has 0 spiro atoms. The monoisotopic (exact) mass is 294 g/mol. The number of para-hydroxylation sites is 1. The van der Waals surface area contributed by atoms with Crippen molar-refractivity contribution < 1.29 is 8.42 Å². The number of nitrogen functional groups attached to an aromatic ring is 1. The van der Waals surface area contributed by atoms with Crippen LogP contribution >= 0.6 is 0 Å². The van der Waals surface area contributed by atoms with Crippen LogP contribution in [0.1, 0.15) is 5.56 Å². The highest BCUT2D eigenvalue weighted by atomic mass is 32.2. The Kier molecular flexibility index (Phi) is 3.99. The summed E-state index contributed by atoms with van der Waals surface area (Å²) in [6.45, 7) is 0.656. The highest BCUT2D eigenvalue weighted by Crippen LogP contribution is 2.26. The van der Waals surface area contributed by atoms with E-state index in [2.05, 4.69) is 10.4 Å². The fraction of sp³-hybridized carbons (Fsp3) is 0.308. The Morgan fingerprint density at radius 1 is 1.40 bits per heavy atom. The van der Waals surface area contributed by atoms with Crippen LogP contribution in [0.25, 0.3) is 0 Å². The number of hydrogen-bond donors (Lipinski definition) is 2. The van der Waals surface area contributed by atoms with E-state index in [-0.39, 0.29) is 10.6 Å². The average Bonchev–Trinajstić information content (AvgIpc) is 2.76. The molecule has 1 aromatic heterocycles.